The molecule has 0 aliphatic carbocycles. The van der Waals surface area contributed by atoms with Crippen LogP contribution in [-0.2, 0) is 19.1 Å². The Balaban J connectivity index is 4.48. The SMILES string of the molecule is CC(=O)OC(CO)C(CC=O)C(C)=O. The molecule has 0 saturated carbocycles. The number of carbonyl (C=O) groups is 3. The summed E-state index contributed by atoms with van der Waals surface area (Å²) in [5.41, 5.74) is 0. The molecule has 0 fully saturated rings. The van der Waals surface area contributed by atoms with Crippen molar-refractivity contribution in [3.63, 3.8) is 0 Å². The molecule has 0 heterocycles. The zero-order valence-corrected chi connectivity index (χ0v) is 8.23. The lowest BCUT2D eigenvalue weighted by atomic mass is 9.95. The Kier molecular flexibility index (Phi) is 5.71. The van der Waals surface area contributed by atoms with Crippen LogP contribution in [0.4, 0.5) is 0 Å². The number of aliphatic hydroxyl groups excluding tert-OH is 1. The molecular weight excluding hydrogens is 188 g/mol. The van der Waals surface area contributed by atoms with Crippen LogP contribution in [0.15, 0.2) is 0 Å². The standard InChI is InChI=1S/C9H14O5/c1-6(12)8(3-4-10)9(5-11)14-7(2)13/h4,8-9,11H,3,5H2,1-2H3. The molecule has 0 amide bonds. The van der Waals surface area contributed by atoms with E-state index in [1.807, 2.05) is 0 Å². The highest BCUT2D eigenvalue weighted by molar-refractivity contribution is 5.81. The van der Waals surface area contributed by atoms with E-state index in [0.29, 0.717) is 6.29 Å². The van der Waals surface area contributed by atoms with Crippen LogP contribution in [0, 0.1) is 5.92 Å². The van der Waals surface area contributed by atoms with Crippen LogP contribution in [0.5, 0.6) is 0 Å². The summed E-state index contributed by atoms with van der Waals surface area (Å²) in [4.78, 5) is 31.9. The van der Waals surface area contributed by atoms with E-state index in [2.05, 4.69) is 0 Å². The molecule has 0 bridgehead atoms. The fourth-order valence-electron chi connectivity index (χ4n) is 1.14. The van der Waals surface area contributed by atoms with Crippen LogP contribution in [-0.4, -0.2) is 35.9 Å². The summed E-state index contributed by atoms with van der Waals surface area (Å²) in [6.45, 7) is 2.01. The summed E-state index contributed by atoms with van der Waals surface area (Å²) >= 11 is 0. The third-order valence-electron chi connectivity index (χ3n) is 1.82. The Morgan fingerprint density at radius 1 is 1.43 bits per heavy atom. The van der Waals surface area contributed by atoms with Gasteiger partial charge in [-0.3, -0.25) is 9.59 Å². The first-order valence-corrected chi connectivity index (χ1v) is 4.25. The number of esters is 1. The molecule has 2 unspecified atom stereocenters. The first-order chi connectivity index (χ1) is 6.52. The molecule has 0 rings (SSSR count). The highest BCUT2D eigenvalue weighted by Crippen LogP contribution is 2.12. The van der Waals surface area contributed by atoms with E-state index in [4.69, 9.17) is 9.84 Å². The predicted molar refractivity (Wildman–Crippen MR) is 47.5 cm³/mol. The molecule has 0 aliphatic rings. The predicted octanol–water partition coefficient (Wildman–Crippen LogP) is -0.295. The van der Waals surface area contributed by atoms with E-state index in [1.165, 1.54) is 13.8 Å². The molecule has 0 aromatic heterocycles. The molecule has 80 valence electrons. The van der Waals surface area contributed by atoms with Crippen LogP contribution in [0.2, 0.25) is 0 Å². The normalized spacial score (nSPS) is 14.2. The number of rotatable bonds is 6. The average molecular weight is 202 g/mol. The molecular formula is C9H14O5. The van der Waals surface area contributed by atoms with Gasteiger partial charge in [0, 0.05) is 13.3 Å². The van der Waals surface area contributed by atoms with Gasteiger partial charge in [0.25, 0.3) is 0 Å². The highest BCUT2D eigenvalue weighted by atomic mass is 16.6. The van der Waals surface area contributed by atoms with Gasteiger partial charge in [0.2, 0.25) is 0 Å². The van der Waals surface area contributed by atoms with E-state index < -0.39 is 24.6 Å². The largest absolute Gasteiger partial charge is 0.459 e. The second-order valence-electron chi connectivity index (χ2n) is 2.95. The molecule has 2 atom stereocenters. The zero-order valence-electron chi connectivity index (χ0n) is 8.23. The Hall–Kier alpha value is -1.23. The molecule has 0 saturated heterocycles. The number of ketones is 1. The minimum Gasteiger partial charge on any atom is -0.459 e. The number of aliphatic hydroxyl groups is 1. The number of Topliss-reactive ketones (excluding diaryl/α,β-unsaturated/α-hetero) is 1. The van der Waals surface area contributed by atoms with Gasteiger partial charge in [-0.15, -0.1) is 0 Å². The number of carbonyl (C=O) groups excluding carboxylic acids is 3. The van der Waals surface area contributed by atoms with Gasteiger partial charge in [-0.05, 0) is 6.92 Å². The van der Waals surface area contributed by atoms with Crippen molar-refractivity contribution in [1.29, 1.82) is 0 Å². The fraction of sp³-hybridized carbons (Fsp3) is 0.667. The topological polar surface area (TPSA) is 80.7 Å². The van der Waals surface area contributed by atoms with Crippen molar-refractivity contribution in [2.24, 2.45) is 5.92 Å². The van der Waals surface area contributed by atoms with E-state index in [-0.39, 0.29) is 12.2 Å². The molecule has 0 radical (unpaired) electrons. The van der Waals surface area contributed by atoms with Crippen molar-refractivity contribution >= 4 is 18.0 Å². The van der Waals surface area contributed by atoms with Crippen molar-refractivity contribution in [1.82, 2.24) is 0 Å². The maximum absolute atomic E-state index is 11.1. The number of ether oxygens (including phenoxy) is 1. The van der Waals surface area contributed by atoms with Gasteiger partial charge in [0.05, 0.1) is 12.5 Å². The smallest absolute Gasteiger partial charge is 0.303 e. The van der Waals surface area contributed by atoms with Gasteiger partial charge in [0.1, 0.15) is 18.2 Å². The summed E-state index contributed by atoms with van der Waals surface area (Å²) < 4.78 is 4.71. The Morgan fingerprint density at radius 2 is 2.00 bits per heavy atom. The van der Waals surface area contributed by atoms with Crippen LogP contribution < -0.4 is 0 Å². The van der Waals surface area contributed by atoms with E-state index in [0.717, 1.165) is 0 Å². The summed E-state index contributed by atoms with van der Waals surface area (Å²) in [5, 5.41) is 8.88. The Labute approximate surface area is 82.1 Å². The van der Waals surface area contributed by atoms with Gasteiger partial charge < -0.3 is 14.6 Å². The van der Waals surface area contributed by atoms with Crippen LogP contribution in [0.3, 0.4) is 0 Å². The van der Waals surface area contributed by atoms with Crippen molar-refractivity contribution in [3.8, 4) is 0 Å². The van der Waals surface area contributed by atoms with Gasteiger partial charge in [-0.25, -0.2) is 0 Å². The van der Waals surface area contributed by atoms with Crippen molar-refractivity contribution in [3.05, 3.63) is 0 Å². The second kappa shape index (κ2) is 6.26. The van der Waals surface area contributed by atoms with Crippen molar-refractivity contribution < 1.29 is 24.2 Å². The lowest BCUT2D eigenvalue weighted by molar-refractivity contribution is -0.154. The lowest BCUT2D eigenvalue weighted by Crippen LogP contribution is -2.34. The van der Waals surface area contributed by atoms with E-state index in [1.54, 1.807) is 0 Å². The quantitative estimate of drug-likeness (QED) is 0.472. The van der Waals surface area contributed by atoms with E-state index >= 15 is 0 Å². The Morgan fingerprint density at radius 3 is 2.29 bits per heavy atom. The van der Waals surface area contributed by atoms with Crippen LogP contribution in [0.25, 0.3) is 0 Å². The Bertz CT molecular complexity index is 223. The van der Waals surface area contributed by atoms with Crippen LogP contribution in [0.1, 0.15) is 20.3 Å². The second-order valence-corrected chi connectivity index (χ2v) is 2.95. The third-order valence-corrected chi connectivity index (χ3v) is 1.82. The monoisotopic (exact) mass is 202 g/mol. The molecule has 0 aromatic rings. The maximum atomic E-state index is 11.1. The molecule has 5 heteroatoms. The number of aldehydes is 1. The minimum atomic E-state index is -0.921. The zero-order chi connectivity index (χ0) is 11.1. The molecule has 0 spiro atoms. The fourth-order valence-corrected chi connectivity index (χ4v) is 1.14. The molecule has 5 nitrogen and oxygen atoms in total. The third kappa shape index (κ3) is 4.13. The summed E-state index contributed by atoms with van der Waals surface area (Å²) in [6, 6.07) is 0. The van der Waals surface area contributed by atoms with Gasteiger partial charge >= 0.3 is 5.97 Å². The first-order valence-electron chi connectivity index (χ1n) is 4.25. The molecule has 0 aliphatic heterocycles. The number of hydrogen-bond donors (Lipinski definition) is 1. The molecule has 14 heavy (non-hydrogen) atoms. The average Bonchev–Trinajstić information content (AvgIpc) is 2.10. The van der Waals surface area contributed by atoms with Gasteiger partial charge in [-0.2, -0.15) is 0 Å². The number of hydrogen-bond acceptors (Lipinski definition) is 5. The lowest BCUT2D eigenvalue weighted by Gasteiger charge is -2.20. The van der Waals surface area contributed by atoms with Crippen molar-refractivity contribution in [2.75, 3.05) is 6.61 Å². The van der Waals surface area contributed by atoms with Gasteiger partial charge in [0.15, 0.2) is 0 Å². The summed E-state index contributed by atoms with van der Waals surface area (Å²) in [5.74, 6) is -1.61. The summed E-state index contributed by atoms with van der Waals surface area (Å²) in [7, 11) is 0. The highest BCUT2D eigenvalue weighted by Gasteiger charge is 2.27. The van der Waals surface area contributed by atoms with Crippen LogP contribution >= 0.6 is 0 Å². The summed E-state index contributed by atoms with van der Waals surface area (Å²) in [6.07, 6.45) is -0.401. The van der Waals surface area contributed by atoms with Gasteiger partial charge in [-0.1, -0.05) is 0 Å². The minimum absolute atomic E-state index is 0.0478. The van der Waals surface area contributed by atoms with E-state index in [9.17, 15) is 14.4 Å². The van der Waals surface area contributed by atoms with Crippen molar-refractivity contribution in [2.45, 2.75) is 26.4 Å². The molecule has 1 N–H and O–H groups in total. The molecule has 0 aromatic carbocycles. The maximum Gasteiger partial charge on any atom is 0.303 e. The first kappa shape index (κ1) is 12.8.